The predicted molar refractivity (Wildman–Crippen MR) is 112 cm³/mol. The summed E-state index contributed by atoms with van der Waals surface area (Å²) in [4.78, 5) is 41.1. The van der Waals surface area contributed by atoms with Gasteiger partial charge in [0, 0.05) is 19.6 Å². The number of imide groups is 1. The lowest BCUT2D eigenvalue weighted by atomic mass is 9.75. The van der Waals surface area contributed by atoms with Crippen molar-refractivity contribution in [1.29, 1.82) is 0 Å². The summed E-state index contributed by atoms with van der Waals surface area (Å²) in [6.45, 7) is 10.4. The molecule has 164 valence electrons. The summed E-state index contributed by atoms with van der Waals surface area (Å²) in [6, 6.07) is -0.420. The van der Waals surface area contributed by atoms with Crippen LogP contribution in [0.3, 0.4) is 0 Å². The summed E-state index contributed by atoms with van der Waals surface area (Å²) in [7, 11) is 0. The van der Waals surface area contributed by atoms with Crippen LogP contribution < -0.4 is 10.6 Å². The Labute approximate surface area is 174 Å². The number of hydrogen-bond acceptors (Lipinski definition) is 4. The number of nitrogens with one attached hydrogen (secondary N) is 2. The van der Waals surface area contributed by atoms with Crippen molar-refractivity contribution in [3.8, 4) is 0 Å². The van der Waals surface area contributed by atoms with Crippen LogP contribution in [0.15, 0.2) is 0 Å². The first kappa shape index (κ1) is 22.1. The summed E-state index contributed by atoms with van der Waals surface area (Å²) in [6.07, 6.45) is 6.56. The molecule has 0 unspecified atom stereocenters. The topological polar surface area (TPSA) is 81.8 Å². The van der Waals surface area contributed by atoms with Crippen LogP contribution in [0, 0.1) is 17.8 Å². The molecule has 7 heteroatoms. The van der Waals surface area contributed by atoms with Gasteiger partial charge in [0.15, 0.2) is 0 Å². The van der Waals surface area contributed by atoms with Gasteiger partial charge < -0.3 is 15.5 Å². The van der Waals surface area contributed by atoms with Gasteiger partial charge in [-0.15, -0.1) is 0 Å². The Hall–Kier alpha value is -1.63. The Morgan fingerprint density at radius 3 is 2.45 bits per heavy atom. The van der Waals surface area contributed by atoms with Gasteiger partial charge in [-0.1, -0.05) is 27.2 Å². The van der Waals surface area contributed by atoms with Gasteiger partial charge in [0.2, 0.25) is 5.91 Å². The van der Waals surface area contributed by atoms with Gasteiger partial charge in [-0.3, -0.25) is 14.5 Å². The monoisotopic (exact) mass is 406 g/mol. The Balaban J connectivity index is 1.40. The molecule has 29 heavy (non-hydrogen) atoms. The molecule has 4 amide bonds. The molecule has 2 atom stereocenters. The molecule has 2 aliphatic heterocycles. The fraction of sp³-hybridized carbons (Fsp3) is 0.864. The summed E-state index contributed by atoms with van der Waals surface area (Å²) >= 11 is 0. The van der Waals surface area contributed by atoms with Gasteiger partial charge in [-0.2, -0.15) is 0 Å². The van der Waals surface area contributed by atoms with Crippen LogP contribution >= 0.6 is 0 Å². The molecule has 7 nitrogen and oxygen atoms in total. The Kier molecular flexibility index (Phi) is 7.19. The van der Waals surface area contributed by atoms with Gasteiger partial charge in [0.25, 0.3) is 5.91 Å². The average molecular weight is 407 g/mol. The minimum atomic E-state index is -0.773. The first-order chi connectivity index (χ1) is 13.8. The quantitative estimate of drug-likeness (QED) is 0.502. The molecule has 2 saturated heterocycles. The Bertz CT molecular complexity index is 605. The average Bonchev–Trinajstić information content (AvgIpc) is 2.89. The first-order valence-electron chi connectivity index (χ1n) is 11.5. The van der Waals surface area contributed by atoms with Crippen LogP contribution in [-0.4, -0.2) is 65.9 Å². The molecular formula is C22H38N4O3. The van der Waals surface area contributed by atoms with E-state index in [4.69, 9.17) is 0 Å². The maximum Gasteiger partial charge on any atom is 0.325 e. The van der Waals surface area contributed by atoms with Crippen molar-refractivity contribution < 1.29 is 14.4 Å². The second kappa shape index (κ2) is 9.45. The number of likely N-dealkylation sites (tertiary alicyclic amines) is 1. The van der Waals surface area contributed by atoms with Crippen LogP contribution in [-0.2, 0) is 9.59 Å². The van der Waals surface area contributed by atoms with E-state index in [1.165, 1.54) is 6.42 Å². The SMILES string of the molecule is CCC1CCC2(CC1)NC(=O)N(CC(=O)NCCCN1C[C@H](C)C[C@H](C)C1)C2=O. The fourth-order valence-corrected chi connectivity index (χ4v) is 5.44. The van der Waals surface area contributed by atoms with Crippen molar-refractivity contribution in [2.45, 2.75) is 71.3 Å². The highest BCUT2D eigenvalue weighted by Gasteiger charge is 2.52. The number of nitrogens with zero attached hydrogens (tertiary/aromatic N) is 2. The molecule has 1 aliphatic carbocycles. The van der Waals surface area contributed by atoms with Crippen molar-refractivity contribution in [1.82, 2.24) is 20.4 Å². The van der Waals surface area contributed by atoms with Crippen molar-refractivity contribution in [2.75, 3.05) is 32.7 Å². The zero-order valence-electron chi connectivity index (χ0n) is 18.3. The van der Waals surface area contributed by atoms with E-state index in [0.717, 1.165) is 62.1 Å². The third kappa shape index (κ3) is 5.30. The molecule has 3 aliphatic rings. The van der Waals surface area contributed by atoms with Crippen molar-refractivity contribution in [3.63, 3.8) is 0 Å². The number of amides is 4. The van der Waals surface area contributed by atoms with Crippen molar-refractivity contribution in [2.24, 2.45) is 17.8 Å². The number of carbonyl (C=O) groups is 3. The van der Waals surface area contributed by atoms with E-state index < -0.39 is 11.6 Å². The van der Waals surface area contributed by atoms with Gasteiger partial charge in [0.05, 0.1) is 0 Å². The molecule has 3 fully saturated rings. The van der Waals surface area contributed by atoms with Gasteiger partial charge >= 0.3 is 6.03 Å². The molecule has 2 heterocycles. The summed E-state index contributed by atoms with van der Waals surface area (Å²) < 4.78 is 0. The van der Waals surface area contributed by atoms with E-state index in [2.05, 4.69) is 36.3 Å². The lowest BCUT2D eigenvalue weighted by Crippen LogP contribution is -2.50. The summed E-state index contributed by atoms with van der Waals surface area (Å²) in [5.41, 5.74) is -0.773. The van der Waals surface area contributed by atoms with E-state index in [0.29, 0.717) is 25.3 Å². The van der Waals surface area contributed by atoms with E-state index >= 15 is 0 Å². The standard InChI is InChI=1S/C22H38N4O3/c1-4-18-6-8-22(9-7-18)20(28)26(21(29)24-22)15-19(27)23-10-5-11-25-13-16(2)12-17(3)14-25/h16-18H,4-15H2,1-3H3,(H,23,27)(H,24,29)/t16-,17+,18?,22?. The largest absolute Gasteiger partial charge is 0.354 e. The fourth-order valence-electron chi connectivity index (χ4n) is 5.44. The lowest BCUT2D eigenvalue weighted by molar-refractivity contribution is -0.136. The van der Waals surface area contributed by atoms with Gasteiger partial charge in [-0.25, -0.2) is 4.79 Å². The van der Waals surface area contributed by atoms with E-state index in [9.17, 15) is 14.4 Å². The zero-order chi connectivity index (χ0) is 21.0. The van der Waals surface area contributed by atoms with Crippen LogP contribution in [0.1, 0.15) is 65.7 Å². The smallest absolute Gasteiger partial charge is 0.325 e. The predicted octanol–water partition coefficient (Wildman–Crippen LogP) is 2.36. The van der Waals surface area contributed by atoms with Crippen molar-refractivity contribution in [3.05, 3.63) is 0 Å². The molecule has 0 aromatic rings. The number of carbonyl (C=O) groups excluding carboxylic acids is 3. The van der Waals surface area contributed by atoms with Crippen molar-refractivity contribution >= 4 is 17.8 Å². The van der Waals surface area contributed by atoms with Crippen LogP contribution in [0.25, 0.3) is 0 Å². The van der Waals surface area contributed by atoms with Crippen LogP contribution in [0.4, 0.5) is 4.79 Å². The molecule has 0 aromatic heterocycles. The maximum atomic E-state index is 12.9. The zero-order valence-corrected chi connectivity index (χ0v) is 18.3. The lowest BCUT2D eigenvalue weighted by Gasteiger charge is -2.35. The number of urea groups is 1. The summed E-state index contributed by atoms with van der Waals surface area (Å²) in [5.74, 6) is 1.62. The molecule has 3 rings (SSSR count). The Morgan fingerprint density at radius 1 is 1.17 bits per heavy atom. The minimum Gasteiger partial charge on any atom is -0.354 e. The van der Waals surface area contributed by atoms with Crippen LogP contribution in [0.2, 0.25) is 0 Å². The molecule has 0 aromatic carbocycles. The second-order valence-electron chi connectivity index (χ2n) is 9.66. The second-order valence-corrected chi connectivity index (χ2v) is 9.66. The normalized spacial score (nSPS) is 33.2. The molecule has 1 saturated carbocycles. The molecule has 2 N–H and O–H groups in total. The van der Waals surface area contributed by atoms with E-state index in [1.807, 2.05) is 0 Å². The highest BCUT2D eigenvalue weighted by molar-refractivity contribution is 6.09. The maximum absolute atomic E-state index is 12.9. The number of piperidine rings is 1. The molecule has 1 spiro atoms. The van der Waals surface area contributed by atoms with Gasteiger partial charge in [0.1, 0.15) is 12.1 Å². The number of hydrogen-bond donors (Lipinski definition) is 2. The highest BCUT2D eigenvalue weighted by Crippen LogP contribution is 2.37. The molecule has 0 bridgehead atoms. The molecular weight excluding hydrogens is 368 g/mol. The summed E-state index contributed by atoms with van der Waals surface area (Å²) in [5, 5.41) is 5.77. The first-order valence-corrected chi connectivity index (χ1v) is 11.5. The number of rotatable bonds is 7. The Morgan fingerprint density at radius 2 is 1.83 bits per heavy atom. The third-order valence-corrected chi connectivity index (χ3v) is 7.00. The van der Waals surface area contributed by atoms with E-state index in [-0.39, 0.29) is 18.4 Å². The highest BCUT2D eigenvalue weighted by atomic mass is 16.2. The van der Waals surface area contributed by atoms with E-state index in [1.54, 1.807) is 0 Å². The molecule has 0 radical (unpaired) electrons. The minimum absolute atomic E-state index is 0.179. The van der Waals surface area contributed by atoms with Gasteiger partial charge in [-0.05, 0) is 62.8 Å². The third-order valence-electron chi connectivity index (χ3n) is 7.00. The van der Waals surface area contributed by atoms with Crippen LogP contribution in [0.5, 0.6) is 0 Å².